The predicted octanol–water partition coefficient (Wildman–Crippen LogP) is 1.38. The van der Waals surface area contributed by atoms with E-state index in [0.717, 1.165) is 25.0 Å². The first-order valence-electron chi connectivity index (χ1n) is 6.31. The van der Waals surface area contributed by atoms with Crippen LogP contribution in [-0.2, 0) is 4.74 Å². The molecular formula is C12H25ClN2O. The van der Waals surface area contributed by atoms with Crippen molar-refractivity contribution in [3.8, 4) is 0 Å². The van der Waals surface area contributed by atoms with Gasteiger partial charge in [0.2, 0.25) is 0 Å². The number of piperidine rings is 1. The van der Waals surface area contributed by atoms with Crippen molar-refractivity contribution in [3.63, 3.8) is 0 Å². The van der Waals surface area contributed by atoms with Crippen molar-refractivity contribution in [1.82, 2.24) is 10.2 Å². The predicted molar refractivity (Wildman–Crippen MR) is 69.3 cm³/mol. The van der Waals surface area contributed by atoms with E-state index in [-0.39, 0.29) is 12.4 Å². The summed E-state index contributed by atoms with van der Waals surface area (Å²) in [7, 11) is 2.26. The van der Waals surface area contributed by atoms with Gasteiger partial charge in [0.15, 0.2) is 0 Å². The van der Waals surface area contributed by atoms with Crippen molar-refractivity contribution >= 4 is 12.4 Å². The minimum absolute atomic E-state index is 0. The summed E-state index contributed by atoms with van der Waals surface area (Å²) in [6.07, 6.45) is 3.97. The van der Waals surface area contributed by atoms with Gasteiger partial charge < -0.3 is 15.0 Å². The van der Waals surface area contributed by atoms with Crippen LogP contribution >= 0.6 is 12.4 Å². The van der Waals surface area contributed by atoms with E-state index in [4.69, 9.17) is 4.74 Å². The van der Waals surface area contributed by atoms with Crippen LogP contribution in [0.25, 0.3) is 0 Å². The molecule has 0 aromatic rings. The second-order valence-corrected chi connectivity index (χ2v) is 5.14. The molecule has 2 rings (SSSR count). The fourth-order valence-corrected chi connectivity index (χ4v) is 2.75. The molecule has 1 N–H and O–H groups in total. The summed E-state index contributed by atoms with van der Waals surface area (Å²) in [5.41, 5.74) is 0. The first-order valence-corrected chi connectivity index (χ1v) is 6.31. The van der Waals surface area contributed by atoms with E-state index >= 15 is 0 Å². The van der Waals surface area contributed by atoms with Crippen LogP contribution in [0.4, 0.5) is 0 Å². The first kappa shape index (κ1) is 14.2. The molecule has 3 nitrogen and oxygen atoms in total. The Morgan fingerprint density at radius 2 is 1.81 bits per heavy atom. The lowest BCUT2D eigenvalue weighted by molar-refractivity contribution is 0.165. The molecule has 2 fully saturated rings. The topological polar surface area (TPSA) is 24.5 Å². The summed E-state index contributed by atoms with van der Waals surface area (Å²) < 4.78 is 5.41. The van der Waals surface area contributed by atoms with Gasteiger partial charge in [0.1, 0.15) is 0 Å². The highest BCUT2D eigenvalue weighted by Crippen LogP contribution is 2.16. The molecule has 0 aromatic carbocycles. The Labute approximate surface area is 105 Å². The zero-order valence-electron chi connectivity index (χ0n) is 10.3. The Balaban J connectivity index is 0.00000128. The van der Waals surface area contributed by atoms with Gasteiger partial charge in [-0.2, -0.15) is 0 Å². The standard InChI is InChI=1S/C12H24N2O.ClH/c1-14(9-12-4-7-15-10-12)8-11-2-5-13-6-3-11;/h11-13H,2-10H2,1H3;1H. The average Bonchev–Trinajstić information content (AvgIpc) is 2.71. The van der Waals surface area contributed by atoms with Gasteiger partial charge >= 0.3 is 0 Å². The molecule has 0 radical (unpaired) electrons. The summed E-state index contributed by atoms with van der Waals surface area (Å²) in [4.78, 5) is 2.51. The number of hydrogen-bond acceptors (Lipinski definition) is 3. The Hall–Kier alpha value is 0.170. The molecule has 0 bridgehead atoms. The quantitative estimate of drug-likeness (QED) is 0.814. The molecule has 0 saturated carbocycles. The highest BCUT2D eigenvalue weighted by Gasteiger charge is 2.20. The molecule has 2 heterocycles. The van der Waals surface area contributed by atoms with Crippen LogP contribution < -0.4 is 5.32 Å². The van der Waals surface area contributed by atoms with E-state index in [0.29, 0.717) is 0 Å². The number of halogens is 1. The van der Waals surface area contributed by atoms with E-state index < -0.39 is 0 Å². The number of ether oxygens (including phenoxy) is 1. The highest BCUT2D eigenvalue weighted by atomic mass is 35.5. The molecule has 2 saturated heterocycles. The third-order valence-electron chi connectivity index (χ3n) is 3.62. The van der Waals surface area contributed by atoms with Crippen molar-refractivity contribution < 1.29 is 4.74 Å². The normalized spacial score (nSPS) is 27.0. The Bertz CT molecular complexity index is 180. The van der Waals surface area contributed by atoms with Gasteiger partial charge in [-0.3, -0.25) is 0 Å². The smallest absolute Gasteiger partial charge is 0.0507 e. The SMILES string of the molecule is CN(CC1CCNCC1)CC1CCOC1.Cl. The highest BCUT2D eigenvalue weighted by molar-refractivity contribution is 5.85. The van der Waals surface area contributed by atoms with E-state index in [1.807, 2.05) is 0 Å². The number of nitrogens with zero attached hydrogens (tertiary/aromatic N) is 1. The molecule has 1 atom stereocenters. The van der Waals surface area contributed by atoms with Gasteiger partial charge in [0.05, 0.1) is 6.61 Å². The maximum absolute atomic E-state index is 5.41. The zero-order chi connectivity index (χ0) is 10.5. The van der Waals surface area contributed by atoms with Crippen LogP contribution in [0.5, 0.6) is 0 Å². The monoisotopic (exact) mass is 248 g/mol. The van der Waals surface area contributed by atoms with Gasteiger partial charge in [-0.15, -0.1) is 12.4 Å². The first-order chi connectivity index (χ1) is 7.34. The summed E-state index contributed by atoms with van der Waals surface area (Å²) in [6.45, 7) is 6.89. The van der Waals surface area contributed by atoms with Gasteiger partial charge in [-0.1, -0.05) is 0 Å². The molecule has 0 amide bonds. The second kappa shape index (κ2) is 7.49. The third kappa shape index (κ3) is 4.58. The lowest BCUT2D eigenvalue weighted by Gasteiger charge is -2.28. The van der Waals surface area contributed by atoms with Crippen LogP contribution in [0.3, 0.4) is 0 Å². The zero-order valence-corrected chi connectivity index (χ0v) is 11.1. The van der Waals surface area contributed by atoms with Gasteiger partial charge in [-0.25, -0.2) is 0 Å². The molecule has 0 aromatic heterocycles. The summed E-state index contributed by atoms with van der Waals surface area (Å²) in [5.74, 6) is 1.70. The fourth-order valence-electron chi connectivity index (χ4n) is 2.75. The summed E-state index contributed by atoms with van der Waals surface area (Å²) in [5, 5.41) is 3.42. The average molecular weight is 249 g/mol. The minimum atomic E-state index is 0. The molecule has 4 heteroatoms. The summed E-state index contributed by atoms with van der Waals surface area (Å²) in [6, 6.07) is 0. The van der Waals surface area contributed by atoms with E-state index in [9.17, 15) is 0 Å². The van der Waals surface area contributed by atoms with Crippen molar-refractivity contribution in [3.05, 3.63) is 0 Å². The number of rotatable bonds is 4. The number of hydrogen-bond donors (Lipinski definition) is 1. The molecule has 0 aliphatic carbocycles. The Morgan fingerprint density at radius 3 is 2.44 bits per heavy atom. The van der Waals surface area contributed by atoms with Crippen LogP contribution in [0.1, 0.15) is 19.3 Å². The van der Waals surface area contributed by atoms with Crippen molar-refractivity contribution in [2.45, 2.75) is 19.3 Å². The lowest BCUT2D eigenvalue weighted by Crippen LogP contribution is -2.36. The van der Waals surface area contributed by atoms with Crippen molar-refractivity contribution in [2.75, 3.05) is 46.4 Å². The van der Waals surface area contributed by atoms with Crippen molar-refractivity contribution in [2.24, 2.45) is 11.8 Å². The van der Waals surface area contributed by atoms with E-state index in [1.165, 1.54) is 45.4 Å². The van der Waals surface area contributed by atoms with Crippen LogP contribution in [0.2, 0.25) is 0 Å². The third-order valence-corrected chi connectivity index (χ3v) is 3.62. The maximum Gasteiger partial charge on any atom is 0.0507 e. The molecule has 96 valence electrons. The molecular weight excluding hydrogens is 224 g/mol. The largest absolute Gasteiger partial charge is 0.381 e. The second-order valence-electron chi connectivity index (χ2n) is 5.14. The maximum atomic E-state index is 5.41. The lowest BCUT2D eigenvalue weighted by atomic mass is 9.97. The van der Waals surface area contributed by atoms with Crippen LogP contribution in [0.15, 0.2) is 0 Å². The van der Waals surface area contributed by atoms with Gasteiger partial charge in [0, 0.05) is 19.7 Å². The Morgan fingerprint density at radius 1 is 1.12 bits per heavy atom. The summed E-state index contributed by atoms with van der Waals surface area (Å²) >= 11 is 0. The molecule has 1 unspecified atom stereocenters. The molecule has 2 aliphatic rings. The molecule has 0 spiro atoms. The van der Waals surface area contributed by atoms with Gasteiger partial charge in [0.25, 0.3) is 0 Å². The van der Waals surface area contributed by atoms with Crippen molar-refractivity contribution in [1.29, 1.82) is 0 Å². The van der Waals surface area contributed by atoms with E-state index in [2.05, 4.69) is 17.3 Å². The van der Waals surface area contributed by atoms with Gasteiger partial charge in [-0.05, 0) is 51.2 Å². The van der Waals surface area contributed by atoms with Crippen LogP contribution in [-0.4, -0.2) is 51.3 Å². The van der Waals surface area contributed by atoms with Crippen LogP contribution in [0, 0.1) is 11.8 Å². The minimum Gasteiger partial charge on any atom is -0.381 e. The fraction of sp³-hybridized carbons (Fsp3) is 1.00. The molecule has 2 aliphatic heterocycles. The molecule has 16 heavy (non-hydrogen) atoms. The number of nitrogens with one attached hydrogen (secondary N) is 1. The van der Waals surface area contributed by atoms with E-state index in [1.54, 1.807) is 0 Å². The Kier molecular flexibility index (Phi) is 6.66.